The second kappa shape index (κ2) is 3.42. The molecular weight excluding hydrogens is 185 g/mol. The van der Waals surface area contributed by atoms with Crippen molar-refractivity contribution in [1.29, 1.82) is 0 Å². The summed E-state index contributed by atoms with van der Waals surface area (Å²) in [6, 6.07) is 1.98. The Bertz CT molecular complexity index is 305. The quantitative estimate of drug-likeness (QED) is 0.417. The average molecular weight is 190 g/mol. The van der Waals surface area contributed by atoms with Crippen LogP contribution in [0.5, 0.6) is 0 Å². The zero-order chi connectivity index (χ0) is 9.90. The van der Waals surface area contributed by atoms with Gasteiger partial charge in [-0.05, 0) is 12.1 Å². The van der Waals surface area contributed by atoms with E-state index in [1.807, 2.05) is 0 Å². The molecule has 3 nitrogen and oxygen atoms in total. The van der Waals surface area contributed by atoms with Crippen LogP contribution in [0, 0.1) is 0 Å². The molecule has 0 aliphatic heterocycles. The van der Waals surface area contributed by atoms with Crippen LogP contribution in [-0.4, -0.2) is 16.4 Å². The van der Waals surface area contributed by atoms with Gasteiger partial charge >= 0.3 is 6.18 Å². The van der Waals surface area contributed by atoms with E-state index in [0.717, 1.165) is 24.5 Å². The molecule has 1 N–H and O–H groups in total. The molecule has 1 aromatic heterocycles. The number of aromatic nitrogens is 1. The fourth-order valence-electron chi connectivity index (χ4n) is 0.716. The maximum atomic E-state index is 12.0. The molecule has 0 aromatic carbocycles. The van der Waals surface area contributed by atoms with Gasteiger partial charge in [-0.1, -0.05) is 5.16 Å². The van der Waals surface area contributed by atoms with Crippen LogP contribution in [-0.2, 0) is 6.18 Å². The molecule has 0 amide bonds. The first kappa shape index (κ1) is 9.50. The third-order valence-corrected chi connectivity index (χ3v) is 1.28. The zero-order valence-corrected chi connectivity index (χ0v) is 6.28. The van der Waals surface area contributed by atoms with Crippen molar-refractivity contribution in [2.45, 2.75) is 6.18 Å². The summed E-state index contributed by atoms with van der Waals surface area (Å²) in [4.78, 5) is 3.14. The van der Waals surface area contributed by atoms with Gasteiger partial charge in [0.25, 0.3) is 0 Å². The highest BCUT2D eigenvalue weighted by molar-refractivity contribution is 5.78. The van der Waals surface area contributed by atoms with Crippen LogP contribution in [0.25, 0.3) is 0 Å². The fourth-order valence-corrected chi connectivity index (χ4v) is 0.716. The molecular formula is C7H5F3N2O. The van der Waals surface area contributed by atoms with Crippen LogP contribution < -0.4 is 0 Å². The lowest BCUT2D eigenvalue weighted by molar-refractivity contribution is -0.141. The van der Waals surface area contributed by atoms with Crippen molar-refractivity contribution in [2.75, 3.05) is 0 Å². The van der Waals surface area contributed by atoms with Crippen LogP contribution in [0.3, 0.4) is 0 Å². The monoisotopic (exact) mass is 190 g/mol. The topological polar surface area (TPSA) is 45.5 Å². The van der Waals surface area contributed by atoms with Crippen LogP contribution >= 0.6 is 0 Å². The SMILES string of the molecule is ON=Cc1ccc(C(F)(F)F)nc1. The molecule has 0 fully saturated rings. The van der Waals surface area contributed by atoms with Crippen molar-refractivity contribution < 1.29 is 18.4 Å². The van der Waals surface area contributed by atoms with Gasteiger partial charge in [-0.15, -0.1) is 0 Å². The predicted molar refractivity (Wildman–Crippen MR) is 38.6 cm³/mol. The van der Waals surface area contributed by atoms with E-state index in [4.69, 9.17) is 5.21 Å². The van der Waals surface area contributed by atoms with Crippen molar-refractivity contribution in [3.05, 3.63) is 29.6 Å². The van der Waals surface area contributed by atoms with E-state index in [0.29, 0.717) is 5.56 Å². The maximum Gasteiger partial charge on any atom is 0.433 e. The van der Waals surface area contributed by atoms with E-state index >= 15 is 0 Å². The van der Waals surface area contributed by atoms with Gasteiger partial charge in [0.1, 0.15) is 5.69 Å². The second-order valence-corrected chi connectivity index (χ2v) is 2.22. The highest BCUT2D eigenvalue weighted by Crippen LogP contribution is 2.26. The number of alkyl halides is 3. The van der Waals surface area contributed by atoms with E-state index in [9.17, 15) is 13.2 Å². The lowest BCUT2D eigenvalue weighted by Gasteiger charge is -2.04. The minimum Gasteiger partial charge on any atom is -0.411 e. The van der Waals surface area contributed by atoms with Crippen molar-refractivity contribution in [1.82, 2.24) is 4.98 Å². The summed E-state index contributed by atoms with van der Waals surface area (Å²) in [7, 11) is 0. The van der Waals surface area contributed by atoms with Gasteiger partial charge in [0.15, 0.2) is 0 Å². The van der Waals surface area contributed by atoms with Crippen molar-refractivity contribution in [3.8, 4) is 0 Å². The summed E-state index contributed by atoms with van der Waals surface area (Å²) >= 11 is 0. The molecule has 0 aliphatic rings. The minimum atomic E-state index is -4.44. The minimum absolute atomic E-state index is 0.301. The van der Waals surface area contributed by atoms with Crippen molar-refractivity contribution in [2.24, 2.45) is 5.16 Å². The van der Waals surface area contributed by atoms with Gasteiger partial charge in [-0.25, -0.2) is 0 Å². The Morgan fingerprint density at radius 3 is 2.46 bits per heavy atom. The molecule has 0 bridgehead atoms. The lowest BCUT2D eigenvalue weighted by atomic mass is 10.2. The highest BCUT2D eigenvalue weighted by Gasteiger charge is 2.31. The standard InChI is InChI=1S/C7H5F3N2O/c8-7(9,10)6-2-1-5(3-11-6)4-12-13/h1-4,13H. The van der Waals surface area contributed by atoms with E-state index in [2.05, 4.69) is 10.1 Å². The Morgan fingerprint density at radius 2 is 2.08 bits per heavy atom. The second-order valence-electron chi connectivity index (χ2n) is 2.22. The summed E-state index contributed by atoms with van der Waals surface area (Å²) in [5.74, 6) is 0. The normalized spacial score (nSPS) is 12.2. The number of pyridine rings is 1. The van der Waals surface area contributed by atoms with Gasteiger partial charge < -0.3 is 5.21 Å². The van der Waals surface area contributed by atoms with Crippen LogP contribution in [0.4, 0.5) is 13.2 Å². The molecule has 13 heavy (non-hydrogen) atoms. The van der Waals surface area contributed by atoms with E-state index in [1.54, 1.807) is 0 Å². The Balaban J connectivity index is 2.94. The van der Waals surface area contributed by atoms with Gasteiger partial charge in [0.05, 0.1) is 6.21 Å². The first-order valence-electron chi connectivity index (χ1n) is 3.24. The third-order valence-electron chi connectivity index (χ3n) is 1.28. The van der Waals surface area contributed by atoms with E-state index < -0.39 is 11.9 Å². The van der Waals surface area contributed by atoms with E-state index in [1.165, 1.54) is 0 Å². The summed E-state index contributed by atoms with van der Waals surface area (Å²) in [5, 5.41) is 10.7. The molecule has 1 heterocycles. The average Bonchev–Trinajstić information content (AvgIpc) is 2.04. The molecule has 1 rings (SSSR count). The Kier molecular flexibility index (Phi) is 2.50. The van der Waals surface area contributed by atoms with Gasteiger partial charge in [-0.2, -0.15) is 13.2 Å². The van der Waals surface area contributed by atoms with Gasteiger partial charge in [-0.3, -0.25) is 4.98 Å². The first-order valence-corrected chi connectivity index (χ1v) is 3.24. The van der Waals surface area contributed by atoms with Crippen LogP contribution in [0.15, 0.2) is 23.5 Å². The largest absolute Gasteiger partial charge is 0.433 e. The van der Waals surface area contributed by atoms with E-state index in [-0.39, 0.29) is 0 Å². The lowest BCUT2D eigenvalue weighted by Crippen LogP contribution is -2.07. The predicted octanol–water partition coefficient (Wildman–Crippen LogP) is 1.91. The summed E-state index contributed by atoms with van der Waals surface area (Å²) < 4.78 is 35.9. The zero-order valence-electron chi connectivity index (χ0n) is 6.28. The molecule has 0 spiro atoms. The molecule has 0 atom stereocenters. The highest BCUT2D eigenvalue weighted by atomic mass is 19.4. The van der Waals surface area contributed by atoms with Gasteiger partial charge in [0.2, 0.25) is 0 Å². The summed E-state index contributed by atoms with van der Waals surface area (Å²) in [6.45, 7) is 0. The Hall–Kier alpha value is -1.59. The number of hydrogen-bond acceptors (Lipinski definition) is 3. The third kappa shape index (κ3) is 2.43. The Morgan fingerprint density at radius 1 is 1.38 bits per heavy atom. The van der Waals surface area contributed by atoms with Crippen molar-refractivity contribution in [3.63, 3.8) is 0 Å². The molecule has 1 aromatic rings. The van der Waals surface area contributed by atoms with Crippen LogP contribution in [0.2, 0.25) is 0 Å². The number of nitrogens with zero attached hydrogens (tertiary/aromatic N) is 2. The molecule has 0 radical (unpaired) electrons. The number of oxime groups is 1. The first-order chi connectivity index (χ1) is 6.04. The summed E-state index contributed by atoms with van der Waals surface area (Å²) in [5.41, 5.74) is -0.668. The molecule has 0 unspecified atom stereocenters. The van der Waals surface area contributed by atoms with Crippen molar-refractivity contribution >= 4 is 6.21 Å². The molecule has 0 aliphatic carbocycles. The molecule has 6 heteroatoms. The summed E-state index contributed by atoms with van der Waals surface area (Å²) in [6.07, 6.45) is -2.47. The molecule has 0 saturated heterocycles. The fraction of sp³-hybridized carbons (Fsp3) is 0.143. The van der Waals surface area contributed by atoms with Crippen LogP contribution in [0.1, 0.15) is 11.3 Å². The number of halogens is 3. The maximum absolute atomic E-state index is 12.0. The number of hydrogen-bond donors (Lipinski definition) is 1. The number of rotatable bonds is 1. The smallest absolute Gasteiger partial charge is 0.411 e. The Labute approximate surface area is 71.5 Å². The van der Waals surface area contributed by atoms with Gasteiger partial charge in [0, 0.05) is 11.8 Å². The molecule has 0 saturated carbocycles. The molecule has 70 valence electrons.